The van der Waals surface area contributed by atoms with Crippen LogP contribution in [0.4, 0.5) is 24.5 Å². The van der Waals surface area contributed by atoms with Gasteiger partial charge in [-0.2, -0.15) is 0 Å². The van der Waals surface area contributed by atoms with Crippen molar-refractivity contribution in [3.05, 3.63) is 144 Å². The van der Waals surface area contributed by atoms with Gasteiger partial charge in [-0.15, -0.1) is 0 Å². The predicted molar refractivity (Wildman–Crippen MR) is 363 cm³/mol. The molecule has 102 heavy (non-hydrogen) atoms. The lowest BCUT2D eigenvalue weighted by Crippen LogP contribution is -2.62. The Labute approximate surface area is 590 Å². The zero-order chi connectivity index (χ0) is 72.3. The van der Waals surface area contributed by atoms with Crippen LogP contribution in [0.15, 0.2) is 97.2 Å². The molecule has 6 aliphatic heterocycles. The van der Waals surface area contributed by atoms with Gasteiger partial charge in [0.05, 0.1) is 111 Å². The first kappa shape index (κ1) is 72.6. The maximum absolute atomic E-state index is 16.2. The summed E-state index contributed by atoms with van der Waals surface area (Å²) in [5.74, 6) is -9.73. The number of imide groups is 1. The van der Waals surface area contributed by atoms with Crippen LogP contribution in [0.5, 0.6) is 11.5 Å². The van der Waals surface area contributed by atoms with Gasteiger partial charge in [0.2, 0.25) is 17.7 Å². The fraction of sp³-hybridized carbons (Fsp3) is 0.408. The van der Waals surface area contributed by atoms with E-state index in [2.05, 4.69) is 16.0 Å². The Morgan fingerprint density at radius 1 is 0.706 bits per heavy atom. The standard InChI is InChI=1S/C71H73F3N8O18S2/c1-6-71(92)48-33-53-56-46(35-81(53)65(87)47(48)36-100-69(71)91)45-15-20-98-59-55(45)52(76-56)34-49(72)57(59)77-62(84)39(4)75-68(90)70(5,38(2)3)78-54(83)37-97-28-27-95-25-26-96-29-30-99-58-50(73)31-42(32-51(58)74)82-66(88)60(101-43-11-7-40(8-12-43)63(85)79-16-21-93-22-17-79)61(67(82)89)102-44-13-9-41(10-14-44)64(86)80-18-23-94-24-19-80/h7-14,31-34,38-39,92H,6,15-30,35-37H2,1-5H3,(H,75,90)(H,77,84)(H,78,83)/t39-,70?,71-/m0/s1. The highest BCUT2D eigenvalue weighted by Gasteiger charge is 2.47. The van der Waals surface area contributed by atoms with Gasteiger partial charge in [-0.3, -0.25) is 38.4 Å². The number of hydrogen-bond donors (Lipinski definition) is 4. The first-order valence-electron chi connectivity index (χ1n) is 33.2. The summed E-state index contributed by atoms with van der Waals surface area (Å²) in [4.78, 5) is 132. The monoisotopic (exact) mass is 1450 g/mol. The maximum atomic E-state index is 16.2. The average Bonchev–Trinajstić information content (AvgIpc) is 1.51. The molecule has 4 N–H and O–H groups in total. The van der Waals surface area contributed by atoms with Gasteiger partial charge in [-0.1, -0.05) is 44.3 Å². The second-order valence-corrected chi connectivity index (χ2v) is 27.4. The Bertz CT molecular complexity index is 4330. The number of aromatic nitrogens is 2. The molecule has 1 unspecified atom stereocenters. The minimum atomic E-state index is -2.04. The van der Waals surface area contributed by atoms with Gasteiger partial charge >= 0.3 is 5.97 Å². The highest BCUT2D eigenvalue weighted by atomic mass is 32.2. The third-order valence-electron chi connectivity index (χ3n) is 18.5. The summed E-state index contributed by atoms with van der Waals surface area (Å²) >= 11 is 1.90. The van der Waals surface area contributed by atoms with E-state index in [1.165, 1.54) is 18.4 Å². The number of carbonyl (C=O) groups is 8. The number of halogens is 3. The van der Waals surface area contributed by atoms with Crippen LogP contribution in [0.25, 0.3) is 22.3 Å². The Kier molecular flexibility index (Phi) is 21.9. The van der Waals surface area contributed by atoms with Gasteiger partial charge in [-0.25, -0.2) is 27.8 Å². The van der Waals surface area contributed by atoms with E-state index in [4.69, 9.17) is 42.9 Å². The second kappa shape index (κ2) is 30.8. The van der Waals surface area contributed by atoms with Crippen LogP contribution in [0.1, 0.15) is 84.0 Å². The summed E-state index contributed by atoms with van der Waals surface area (Å²) in [6, 6.07) is 16.1. The molecule has 0 radical (unpaired) electrons. The van der Waals surface area contributed by atoms with Crippen molar-refractivity contribution in [2.75, 3.05) is 116 Å². The molecule has 2 saturated heterocycles. The molecule has 2 fully saturated rings. The molecule has 2 aromatic heterocycles. The number of esters is 1. The summed E-state index contributed by atoms with van der Waals surface area (Å²) < 4.78 is 93.2. The fourth-order valence-corrected chi connectivity index (χ4v) is 14.5. The molecule has 6 aliphatic rings. The number of rotatable bonds is 26. The largest absolute Gasteiger partial charge is 0.490 e. The van der Waals surface area contributed by atoms with Crippen molar-refractivity contribution in [2.24, 2.45) is 5.92 Å². The summed E-state index contributed by atoms with van der Waals surface area (Å²) in [7, 11) is 0. The van der Waals surface area contributed by atoms with Crippen LogP contribution in [0.2, 0.25) is 0 Å². The van der Waals surface area contributed by atoms with Crippen molar-refractivity contribution < 1.29 is 94.5 Å². The van der Waals surface area contributed by atoms with Gasteiger partial charge < -0.3 is 73.3 Å². The number of amides is 7. The van der Waals surface area contributed by atoms with Gasteiger partial charge in [0.15, 0.2) is 34.6 Å². The lowest BCUT2D eigenvalue weighted by Gasteiger charge is -2.34. The number of fused-ring (bicyclic) bond motifs is 5. The molecule has 6 aromatic rings. The second-order valence-electron chi connectivity index (χ2n) is 25.2. The van der Waals surface area contributed by atoms with Crippen molar-refractivity contribution in [1.29, 1.82) is 0 Å². The van der Waals surface area contributed by atoms with Crippen LogP contribution < -0.4 is 35.9 Å². The van der Waals surface area contributed by atoms with E-state index < -0.39 is 99.7 Å². The maximum Gasteiger partial charge on any atom is 0.343 e. The zero-order valence-corrected chi connectivity index (χ0v) is 57.9. The Morgan fingerprint density at radius 3 is 1.82 bits per heavy atom. The molecule has 31 heteroatoms. The number of nitrogens with zero attached hydrogens (tertiary/aromatic N) is 5. The highest BCUT2D eigenvalue weighted by molar-refractivity contribution is 8.08. The topological polar surface area (TPSA) is 311 Å². The van der Waals surface area contributed by atoms with E-state index in [-0.39, 0.29) is 116 Å². The molecule has 12 rings (SSSR count). The van der Waals surface area contributed by atoms with Crippen molar-refractivity contribution in [1.82, 2.24) is 30.0 Å². The summed E-state index contributed by atoms with van der Waals surface area (Å²) in [5, 5.41) is 19.6. The van der Waals surface area contributed by atoms with Crippen LogP contribution in [0, 0.1) is 23.4 Å². The number of thioether (sulfide) groups is 2. The molecular formula is C71H73F3N8O18S2. The smallest absolute Gasteiger partial charge is 0.343 e. The van der Waals surface area contributed by atoms with E-state index in [9.17, 15) is 48.3 Å². The zero-order valence-electron chi connectivity index (χ0n) is 56.3. The Morgan fingerprint density at radius 2 is 1.26 bits per heavy atom. The Hall–Kier alpha value is -9.21. The number of cyclic esters (lactones) is 1. The molecule has 0 aliphatic carbocycles. The van der Waals surface area contributed by atoms with Crippen LogP contribution in [-0.2, 0) is 82.4 Å². The van der Waals surface area contributed by atoms with E-state index in [0.717, 1.165) is 41.7 Å². The van der Waals surface area contributed by atoms with E-state index >= 15 is 13.2 Å². The fourth-order valence-electron chi connectivity index (χ4n) is 12.5. The van der Waals surface area contributed by atoms with Gasteiger partial charge in [0.25, 0.3) is 29.2 Å². The predicted octanol–water partition coefficient (Wildman–Crippen LogP) is 6.15. The van der Waals surface area contributed by atoms with E-state index in [0.29, 0.717) is 113 Å². The molecule has 7 amide bonds. The van der Waals surface area contributed by atoms with Crippen molar-refractivity contribution in [3.63, 3.8) is 0 Å². The molecule has 3 atom stereocenters. The van der Waals surface area contributed by atoms with Crippen LogP contribution in [-0.4, -0.2) is 189 Å². The normalized spacial score (nSPS) is 17.9. The third kappa shape index (κ3) is 14.6. The van der Waals surface area contributed by atoms with Gasteiger partial charge in [0, 0.05) is 88.2 Å². The summed E-state index contributed by atoms with van der Waals surface area (Å²) in [6.07, 6.45) is 0.302. The molecular weight excluding hydrogens is 1370 g/mol. The number of nitrogens with one attached hydrogen (secondary N) is 3. The summed E-state index contributed by atoms with van der Waals surface area (Å²) in [5.41, 5.74) is -1.41. The molecule has 4 aromatic carbocycles. The number of hydrogen-bond acceptors (Lipinski definition) is 21. The number of carbonyl (C=O) groups excluding carboxylic acids is 8. The number of morpholine rings is 2. The lowest BCUT2D eigenvalue weighted by molar-refractivity contribution is -0.172. The number of anilines is 2. The van der Waals surface area contributed by atoms with E-state index in [1.54, 1.807) is 85.2 Å². The van der Waals surface area contributed by atoms with Crippen LogP contribution >= 0.6 is 23.5 Å². The van der Waals surface area contributed by atoms with Crippen LogP contribution in [0.3, 0.4) is 0 Å². The highest BCUT2D eigenvalue weighted by Crippen LogP contribution is 2.48. The van der Waals surface area contributed by atoms with Gasteiger partial charge in [0.1, 0.15) is 37.1 Å². The number of pyridine rings is 2. The molecule has 538 valence electrons. The minimum absolute atomic E-state index is 0.00556. The molecule has 0 bridgehead atoms. The van der Waals surface area contributed by atoms with Gasteiger partial charge in [-0.05, 0) is 86.3 Å². The quantitative estimate of drug-likeness (QED) is 0.0268. The molecule has 0 spiro atoms. The number of aliphatic hydroxyl groups is 1. The van der Waals surface area contributed by atoms with Crippen molar-refractivity contribution >= 4 is 93.1 Å². The average molecular weight is 1450 g/mol. The first-order chi connectivity index (χ1) is 49.0. The summed E-state index contributed by atoms with van der Waals surface area (Å²) in [6.45, 7) is 10.3. The lowest BCUT2D eigenvalue weighted by atomic mass is 9.86. The van der Waals surface area contributed by atoms with Crippen molar-refractivity contribution in [2.45, 2.75) is 87.6 Å². The van der Waals surface area contributed by atoms with Crippen molar-refractivity contribution in [3.8, 4) is 22.9 Å². The molecule has 8 heterocycles. The molecule has 0 saturated carbocycles. The van der Waals surface area contributed by atoms with E-state index in [1.807, 2.05) is 0 Å². The minimum Gasteiger partial charge on any atom is -0.490 e. The third-order valence-corrected chi connectivity index (χ3v) is 20.9. The first-order valence-corrected chi connectivity index (χ1v) is 34.8. The number of ether oxygens (including phenoxy) is 8. The Balaban J connectivity index is 0.587. The molecule has 26 nitrogen and oxygen atoms in total. The SMILES string of the molecule is CC[C@@]1(O)C(=O)OCc2c1cc1n(c2=O)Cc2c-1nc1cc(F)c(NC(=O)[C@H](C)NC(=O)C(C)(NC(=O)COCCOCCOCCOc3c(F)cc(N4C(=O)C(Sc5ccc(C(=O)N6CCOCC6)cc5)=C(Sc5ccc(C(=O)N6CCOCC6)cc5)C4=O)cc3F)C(C)C)c3c1c2CCO3. The number of benzene rings is 4.